The Bertz CT molecular complexity index is 852. The quantitative estimate of drug-likeness (QED) is 0.555. The minimum Gasteiger partial charge on any atom is -0.345 e. The first-order chi connectivity index (χ1) is 11.7. The maximum atomic E-state index is 12.8. The van der Waals surface area contributed by atoms with Crippen molar-refractivity contribution in [3.05, 3.63) is 49.9 Å². The molecule has 1 unspecified atom stereocenters. The lowest BCUT2D eigenvalue weighted by Gasteiger charge is -2.24. The van der Waals surface area contributed by atoms with Gasteiger partial charge in [0.2, 0.25) is 0 Å². The van der Waals surface area contributed by atoms with E-state index in [1.807, 2.05) is 18.2 Å². The van der Waals surface area contributed by atoms with E-state index in [0.29, 0.717) is 11.5 Å². The molecule has 4 rings (SSSR count). The Morgan fingerprint density at radius 1 is 1.33 bits per heavy atom. The van der Waals surface area contributed by atoms with E-state index in [2.05, 4.69) is 54.9 Å². The molecule has 124 valence electrons. The van der Waals surface area contributed by atoms with E-state index in [4.69, 9.17) is 0 Å². The van der Waals surface area contributed by atoms with Gasteiger partial charge < -0.3 is 5.32 Å². The first kappa shape index (κ1) is 16.1. The van der Waals surface area contributed by atoms with Crippen LogP contribution in [0.1, 0.15) is 47.6 Å². The van der Waals surface area contributed by atoms with Crippen LogP contribution in [0.25, 0.3) is 10.9 Å². The van der Waals surface area contributed by atoms with Crippen molar-refractivity contribution in [2.45, 2.75) is 31.7 Å². The lowest BCUT2D eigenvalue weighted by molar-refractivity contribution is 0.0922. The van der Waals surface area contributed by atoms with E-state index < -0.39 is 0 Å². The fourth-order valence-electron chi connectivity index (χ4n) is 3.56. The van der Waals surface area contributed by atoms with Gasteiger partial charge in [-0.3, -0.25) is 9.89 Å². The average molecular weight is 451 g/mol. The van der Waals surface area contributed by atoms with Crippen LogP contribution in [-0.4, -0.2) is 16.1 Å². The highest BCUT2D eigenvalue weighted by Crippen LogP contribution is 2.36. The normalized spacial score (nSPS) is 16.5. The molecule has 4 nitrogen and oxygen atoms in total. The zero-order valence-electron chi connectivity index (χ0n) is 13.1. The van der Waals surface area contributed by atoms with E-state index in [-0.39, 0.29) is 11.9 Å². The number of thiophene rings is 1. The van der Waals surface area contributed by atoms with Crippen LogP contribution in [0.3, 0.4) is 0 Å². The standard InChI is InChI=1S/C18H18IN3OS/c19-17-14-9-12(5-6-15(14)21-22-17)18(23)20-16(11-3-1-2-4-11)13-7-8-24-10-13/h5-11,16H,1-4H2,(H,20,23)(H,21,22). The number of rotatable bonds is 4. The van der Waals surface area contributed by atoms with Crippen molar-refractivity contribution in [2.24, 2.45) is 5.92 Å². The lowest BCUT2D eigenvalue weighted by Crippen LogP contribution is -2.32. The number of aromatic amines is 1. The largest absolute Gasteiger partial charge is 0.345 e. The number of carbonyl (C=O) groups is 1. The highest BCUT2D eigenvalue weighted by atomic mass is 127. The molecule has 0 radical (unpaired) electrons. The summed E-state index contributed by atoms with van der Waals surface area (Å²) in [4.78, 5) is 12.8. The molecule has 1 atom stereocenters. The van der Waals surface area contributed by atoms with E-state index in [1.54, 1.807) is 11.3 Å². The number of hydrogen-bond acceptors (Lipinski definition) is 3. The molecule has 1 aliphatic rings. The van der Waals surface area contributed by atoms with Gasteiger partial charge in [-0.25, -0.2) is 0 Å². The van der Waals surface area contributed by atoms with Gasteiger partial charge in [0.15, 0.2) is 0 Å². The molecular formula is C18H18IN3OS. The Kier molecular flexibility index (Phi) is 4.58. The third-order valence-electron chi connectivity index (χ3n) is 4.83. The molecule has 6 heteroatoms. The number of H-pyrrole nitrogens is 1. The molecule has 2 N–H and O–H groups in total. The second-order valence-electron chi connectivity index (χ2n) is 6.32. The van der Waals surface area contributed by atoms with Gasteiger partial charge in [-0.1, -0.05) is 12.8 Å². The highest BCUT2D eigenvalue weighted by molar-refractivity contribution is 14.1. The van der Waals surface area contributed by atoms with E-state index in [0.717, 1.165) is 14.6 Å². The number of hydrogen-bond donors (Lipinski definition) is 2. The summed E-state index contributed by atoms with van der Waals surface area (Å²) in [6, 6.07) is 7.93. The molecule has 2 heterocycles. The smallest absolute Gasteiger partial charge is 0.251 e. The SMILES string of the molecule is O=C(NC(c1ccsc1)C1CCCC1)c1ccc2n[nH]c(I)c2c1. The fourth-order valence-corrected chi connectivity index (χ4v) is 4.81. The maximum absolute atomic E-state index is 12.8. The van der Waals surface area contributed by atoms with Crippen molar-refractivity contribution in [1.82, 2.24) is 15.5 Å². The number of carbonyl (C=O) groups excluding carboxylic acids is 1. The Morgan fingerprint density at radius 2 is 2.17 bits per heavy atom. The van der Waals surface area contributed by atoms with Crippen LogP contribution in [-0.2, 0) is 0 Å². The van der Waals surface area contributed by atoms with Crippen molar-refractivity contribution >= 4 is 50.7 Å². The summed E-state index contributed by atoms with van der Waals surface area (Å²) in [6.45, 7) is 0. The number of nitrogens with zero attached hydrogens (tertiary/aromatic N) is 1. The average Bonchev–Trinajstić information content (AvgIpc) is 3.35. The van der Waals surface area contributed by atoms with Crippen LogP contribution < -0.4 is 5.32 Å². The number of aromatic nitrogens is 2. The molecule has 1 saturated carbocycles. The molecular weight excluding hydrogens is 433 g/mol. The summed E-state index contributed by atoms with van der Waals surface area (Å²) in [6.07, 6.45) is 4.92. The lowest BCUT2D eigenvalue weighted by atomic mass is 9.93. The minimum absolute atomic E-state index is 0.00278. The van der Waals surface area contributed by atoms with Gasteiger partial charge in [0.1, 0.15) is 3.70 Å². The van der Waals surface area contributed by atoms with Crippen molar-refractivity contribution in [2.75, 3.05) is 0 Å². The first-order valence-electron chi connectivity index (χ1n) is 8.19. The molecule has 0 aliphatic heterocycles. The van der Waals surface area contributed by atoms with Gasteiger partial charge in [0.05, 0.1) is 11.6 Å². The summed E-state index contributed by atoms with van der Waals surface area (Å²) in [5.74, 6) is 0.540. The second-order valence-corrected chi connectivity index (χ2v) is 8.18. The van der Waals surface area contributed by atoms with Gasteiger partial charge in [-0.2, -0.15) is 16.4 Å². The van der Waals surface area contributed by atoms with Crippen LogP contribution in [0.15, 0.2) is 35.0 Å². The highest BCUT2D eigenvalue weighted by Gasteiger charge is 2.28. The third-order valence-corrected chi connectivity index (χ3v) is 6.35. The molecule has 3 aromatic rings. The van der Waals surface area contributed by atoms with Gasteiger partial charge in [0, 0.05) is 10.9 Å². The number of halogens is 1. The molecule has 1 amide bonds. The summed E-state index contributed by atoms with van der Waals surface area (Å²) >= 11 is 3.90. The van der Waals surface area contributed by atoms with E-state index >= 15 is 0 Å². The van der Waals surface area contributed by atoms with Crippen molar-refractivity contribution in [1.29, 1.82) is 0 Å². The van der Waals surface area contributed by atoms with Crippen molar-refractivity contribution in [3.63, 3.8) is 0 Å². The van der Waals surface area contributed by atoms with E-state index in [1.165, 1.54) is 31.2 Å². The summed E-state index contributed by atoms with van der Waals surface area (Å²) in [5, 5.41) is 15.7. The predicted molar refractivity (Wildman–Crippen MR) is 105 cm³/mol. The molecule has 2 aromatic heterocycles. The van der Waals surface area contributed by atoms with E-state index in [9.17, 15) is 4.79 Å². The van der Waals surface area contributed by atoms with Crippen LogP contribution in [0, 0.1) is 9.62 Å². The molecule has 24 heavy (non-hydrogen) atoms. The Labute approximate surface area is 158 Å². The van der Waals surface area contributed by atoms with Crippen LogP contribution in [0.2, 0.25) is 0 Å². The van der Waals surface area contributed by atoms with Crippen LogP contribution in [0.5, 0.6) is 0 Å². The predicted octanol–water partition coefficient (Wildman–Crippen LogP) is 4.89. The molecule has 0 bridgehead atoms. The summed E-state index contributed by atoms with van der Waals surface area (Å²) in [7, 11) is 0. The number of amides is 1. The topological polar surface area (TPSA) is 57.8 Å². The second kappa shape index (κ2) is 6.84. The summed E-state index contributed by atoms with van der Waals surface area (Å²) < 4.78 is 0.961. The Hall–Kier alpha value is -1.41. The Morgan fingerprint density at radius 3 is 2.92 bits per heavy atom. The van der Waals surface area contributed by atoms with Gasteiger partial charge in [0.25, 0.3) is 5.91 Å². The monoisotopic (exact) mass is 451 g/mol. The van der Waals surface area contributed by atoms with Crippen LogP contribution >= 0.6 is 33.9 Å². The zero-order valence-corrected chi connectivity index (χ0v) is 16.1. The van der Waals surface area contributed by atoms with Gasteiger partial charge in [-0.05, 0) is 81.9 Å². The third kappa shape index (κ3) is 3.09. The zero-order chi connectivity index (χ0) is 16.5. The first-order valence-corrected chi connectivity index (χ1v) is 10.2. The summed E-state index contributed by atoms with van der Waals surface area (Å²) in [5.41, 5.74) is 2.82. The molecule has 1 aromatic carbocycles. The number of fused-ring (bicyclic) bond motifs is 1. The molecule has 1 aliphatic carbocycles. The van der Waals surface area contributed by atoms with Gasteiger partial charge in [-0.15, -0.1) is 0 Å². The molecule has 0 saturated heterocycles. The maximum Gasteiger partial charge on any atom is 0.251 e. The van der Waals surface area contributed by atoms with Gasteiger partial charge >= 0.3 is 0 Å². The minimum atomic E-state index is -0.00278. The molecule has 1 fully saturated rings. The Balaban J connectivity index is 1.60. The molecule has 0 spiro atoms. The number of benzene rings is 1. The fraction of sp³-hybridized carbons (Fsp3) is 0.333. The van der Waals surface area contributed by atoms with Crippen molar-refractivity contribution in [3.8, 4) is 0 Å². The van der Waals surface area contributed by atoms with Crippen molar-refractivity contribution < 1.29 is 4.79 Å². The van der Waals surface area contributed by atoms with Crippen LogP contribution in [0.4, 0.5) is 0 Å². The number of nitrogens with one attached hydrogen (secondary N) is 2.